The van der Waals surface area contributed by atoms with Gasteiger partial charge in [0.05, 0.1) is 11.4 Å². The number of piperidine rings is 1. The monoisotopic (exact) mass is 482 g/mol. The van der Waals surface area contributed by atoms with Gasteiger partial charge in [-0.3, -0.25) is 14.3 Å². The molecule has 174 valence electrons. The Bertz CT molecular complexity index is 1020. The van der Waals surface area contributed by atoms with Gasteiger partial charge >= 0.3 is 0 Å². The second-order valence-electron chi connectivity index (χ2n) is 8.53. The number of para-hydroxylation sites is 1. The van der Waals surface area contributed by atoms with Gasteiger partial charge in [0, 0.05) is 50.7 Å². The summed E-state index contributed by atoms with van der Waals surface area (Å²) in [6, 6.07) is 14.5. The van der Waals surface area contributed by atoms with Crippen molar-refractivity contribution in [3.05, 3.63) is 52.7 Å². The van der Waals surface area contributed by atoms with Gasteiger partial charge in [0.1, 0.15) is 0 Å². The summed E-state index contributed by atoms with van der Waals surface area (Å²) < 4.78 is 2.11. The first-order chi connectivity index (χ1) is 16.3. The molecule has 0 atom stereocenters. The molecular formula is C24H30N6OS2. The summed E-state index contributed by atoms with van der Waals surface area (Å²) in [6.07, 6.45) is 3.63. The Morgan fingerprint density at radius 1 is 0.909 bits per heavy atom. The second-order valence-corrected chi connectivity index (χ2v) is 10.5. The molecular weight excluding hydrogens is 452 g/mol. The third kappa shape index (κ3) is 5.42. The molecule has 1 aromatic carbocycles. The van der Waals surface area contributed by atoms with E-state index in [1.54, 1.807) is 11.3 Å². The fourth-order valence-electron chi connectivity index (χ4n) is 4.45. The third-order valence-electron chi connectivity index (χ3n) is 6.28. The summed E-state index contributed by atoms with van der Waals surface area (Å²) in [5.41, 5.74) is 1.04. The minimum absolute atomic E-state index is 0.179. The van der Waals surface area contributed by atoms with Crippen LogP contribution in [-0.2, 0) is 11.3 Å². The summed E-state index contributed by atoms with van der Waals surface area (Å²) in [4.78, 5) is 21.1. The minimum atomic E-state index is 0.179. The molecule has 0 aliphatic carbocycles. The van der Waals surface area contributed by atoms with E-state index in [-0.39, 0.29) is 5.91 Å². The summed E-state index contributed by atoms with van der Waals surface area (Å²) in [6.45, 7) is 6.41. The van der Waals surface area contributed by atoms with Gasteiger partial charge in [0.15, 0.2) is 5.16 Å². The van der Waals surface area contributed by atoms with E-state index in [2.05, 4.69) is 54.2 Å². The largest absolute Gasteiger partial charge is 0.341 e. The Kier molecular flexibility index (Phi) is 7.28. The molecule has 4 heterocycles. The SMILES string of the molecule is O=C(CSc1nnc(N2CCCCC2)n1-c1ccccc1)N1CCN(Cc2cccs2)CC1. The number of amides is 1. The van der Waals surface area contributed by atoms with Gasteiger partial charge in [-0.05, 0) is 42.8 Å². The molecule has 2 aromatic heterocycles. The Morgan fingerprint density at radius 3 is 2.42 bits per heavy atom. The molecule has 5 rings (SSSR count). The number of thioether (sulfide) groups is 1. The predicted molar refractivity (Wildman–Crippen MR) is 134 cm³/mol. The maximum absolute atomic E-state index is 13.0. The molecule has 7 nitrogen and oxygen atoms in total. The molecule has 0 N–H and O–H groups in total. The lowest BCUT2D eigenvalue weighted by Crippen LogP contribution is -2.48. The molecule has 2 aliphatic heterocycles. The van der Waals surface area contributed by atoms with E-state index in [0.29, 0.717) is 5.75 Å². The van der Waals surface area contributed by atoms with Crippen LogP contribution in [0.5, 0.6) is 0 Å². The van der Waals surface area contributed by atoms with E-state index >= 15 is 0 Å². The van der Waals surface area contributed by atoms with Crippen molar-refractivity contribution in [1.82, 2.24) is 24.6 Å². The molecule has 2 fully saturated rings. The number of thiophene rings is 1. The summed E-state index contributed by atoms with van der Waals surface area (Å²) in [5.74, 6) is 1.45. The second kappa shape index (κ2) is 10.7. The molecule has 9 heteroatoms. The lowest BCUT2D eigenvalue weighted by Gasteiger charge is -2.34. The first kappa shape index (κ1) is 22.4. The van der Waals surface area contributed by atoms with Crippen LogP contribution in [0.3, 0.4) is 0 Å². The van der Waals surface area contributed by atoms with Crippen molar-refractivity contribution < 1.29 is 4.79 Å². The Hall–Kier alpha value is -2.36. The Morgan fingerprint density at radius 2 is 1.70 bits per heavy atom. The van der Waals surface area contributed by atoms with Crippen LogP contribution in [-0.4, -0.2) is 75.5 Å². The van der Waals surface area contributed by atoms with Gasteiger partial charge in [-0.2, -0.15) is 0 Å². The van der Waals surface area contributed by atoms with Gasteiger partial charge in [0.25, 0.3) is 0 Å². The number of hydrogen-bond donors (Lipinski definition) is 0. The third-order valence-corrected chi connectivity index (χ3v) is 8.05. The first-order valence-electron chi connectivity index (χ1n) is 11.7. The Labute approximate surface area is 203 Å². The quantitative estimate of drug-likeness (QED) is 0.478. The molecule has 2 aliphatic rings. The summed E-state index contributed by atoms with van der Waals surface area (Å²) >= 11 is 3.29. The van der Waals surface area contributed by atoms with Crippen LogP contribution in [0.4, 0.5) is 5.95 Å². The summed E-state index contributed by atoms with van der Waals surface area (Å²) in [7, 11) is 0. The number of aromatic nitrogens is 3. The topological polar surface area (TPSA) is 57.5 Å². The van der Waals surface area contributed by atoms with Crippen LogP contribution in [0.1, 0.15) is 24.1 Å². The molecule has 0 saturated carbocycles. The maximum Gasteiger partial charge on any atom is 0.233 e. The van der Waals surface area contributed by atoms with Crippen molar-refractivity contribution in [1.29, 1.82) is 0 Å². The number of carbonyl (C=O) groups excluding carboxylic acids is 1. The van der Waals surface area contributed by atoms with Crippen LogP contribution in [0.15, 0.2) is 53.0 Å². The molecule has 33 heavy (non-hydrogen) atoms. The van der Waals surface area contributed by atoms with Crippen LogP contribution in [0.2, 0.25) is 0 Å². The number of rotatable bonds is 7. The van der Waals surface area contributed by atoms with Crippen molar-refractivity contribution in [2.75, 3.05) is 49.9 Å². The van der Waals surface area contributed by atoms with Gasteiger partial charge in [-0.1, -0.05) is 36.0 Å². The smallest absolute Gasteiger partial charge is 0.233 e. The van der Waals surface area contributed by atoms with Gasteiger partial charge < -0.3 is 9.80 Å². The van der Waals surface area contributed by atoms with Crippen molar-refractivity contribution in [2.45, 2.75) is 31.0 Å². The summed E-state index contributed by atoms with van der Waals surface area (Å²) in [5, 5.41) is 11.9. The highest BCUT2D eigenvalue weighted by Crippen LogP contribution is 2.28. The van der Waals surface area contributed by atoms with E-state index in [4.69, 9.17) is 0 Å². The van der Waals surface area contributed by atoms with Crippen LogP contribution < -0.4 is 4.90 Å². The molecule has 0 bridgehead atoms. The highest BCUT2D eigenvalue weighted by atomic mass is 32.2. The lowest BCUT2D eigenvalue weighted by molar-refractivity contribution is -0.130. The van der Waals surface area contributed by atoms with Crippen molar-refractivity contribution in [3.8, 4) is 5.69 Å². The van der Waals surface area contributed by atoms with Crippen molar-refractivity contribution in [2.24, 2.45) is 0 Å². The molecule has 1 amide bonds. The minimum Gasteiger partial charge on any atom is -0.341 e. The highest BCUT2D eigenvalue weighted by Gasteiger charge is 2.24. The molecule has 0 unspecified atom stereocenters. The first-order valence-corrected chi connectivity index (χ1v) is 13.6. The standard InChI is InChI=1S/C24H30N6OS2/c31-22(28-15-13-27(14-16-28)18-21-10-7-17-32-21)19-33-24-26-25-23(29-11-5-2-6-12-29)30(24)20-8-3-1-4-9-20/h1,3-4,7-10,17H,2,5-6,11-16,18-19H2. The number of hydrogen-bond acceptors (Lipinski definition) is 7. The van der Waals surface area contributed by atoms with E-state index in [0.717, 1.165) is 62.6 Å². The van der Waals surface area contributed by atoms with Crippen LogP contribution >= 0.6 is 23.1 Å². The zero-order valence-electron chi connectivity index (χ0n) is 18.8. The van der Waals surface area contributed by atoms with E-state index in [9.17, 15) is 4.79 Å². The normalized spacial score (nSPS) is 17.5. The number of benzene rings is 1. The number of piperazine rings is 1. The highest BCUT2D eigenvalue weighted by molar-refractivity contribution is 7.99. The Balaban J connectivity index is 1.22. The fourth-order valence-corrected chi connectivity index (χ4v) is 6.05. The van der Waals surface area contributed by atoms with E-state index in [1.807, 2.05) is 23.1 Å². The number of carbonyl (C=O) groups is 1. The van der Waals surface area contributed by atoms with Crippen LogP contribution in [0.25, 0.3) is 5.69 Å². The zero-order chi connectivity index (χ0) is 22.5. The van der Waals surface area contributed by atoms with Gasteiger partial charge in [0.2, 0.25) is 11.9 Å². The van der Waals surface area contributed by atoms with Gasteiger partial charge in [-0.25, -0.2) is 0 Å². The molecule has 0 spiro atoms. The van der Waals surface area contributed by atoms with E-state index in [1.165, 1.54) is 35.9 Å². The maximum atomic E-state index is 13.0. The van der Waals surface area contributed by atoms with Crippen molar-refractivity contribution >= 4 is 35.0 Å². The molecule has 3 aromatic rings. The molecule has 2 saturated heterocycles. The lowest BCUT2D eigenvalue weighted by atomic mass is 10.1. The number of nitrogens with zero attached hydrogens (tertiary/aromatic N) is 6. The fraction of sp³-hybridized carbons (Fsp3) is 0.458. The van der Waals surface area contributed by atoms with Crippen LogP contribution in [0, 0.1) is 0 Å². The predicted octanol–water partition coefficient (Wildman–Crippen LogP) is 3.76. The average molecular weight is 483 g/mol. The van der Waals surface area contributed by atoms with E-state index < -0.39 is 0 Å². The average Bonchev–Trinajstić information content (AvgIpc) is 3.54. The van der Waals surface area contributed by atoms with Crippen molar-refractivity contribution in [3.63, 3.8) is 0 Å². The molecule has 0 radical (unpaired) electrons. The van der Waals surface area contributed by atoms with Gasteiger partial charge in [-0.15, -0.1) is 21.5 Å². The number of anilines is 1. The zero-order valence-corrected chi connectivity index (χ0v) is 20.4.